The van der Waals surface area contributed by atoms with Crippen molar-refractivity contribution in [3.05, 3.63) is 99.8 Å². The van der Waals surface area contributed by atoms with Crippen LogP contribution in [0.1, 0.15) is 15.9 Å². The molecule has 5 rings (SSSR count). The maximum Gasteiger partial charge on any atom is 0.272 e. The second-order valence-electron chi connectivity index (χ2n) is 8.34. The first-order chi connectivity index (χ1) is 17.0. The van der Waals surface area contributed by atoms with E-state index in [-0.39, 0.29) is 28.6 Å². The maximum absolute atomic E-state index is 14.6. The van der Waals surface area contributed by atoms with E-state index in [0.717, 1.165) is 5.56 Å². The van der Waals surface area contributed by atoms with Crippen LogP contribution in [0.25, 0.3) is 10.8 Å². The summed E-state index contributed by atoms with van der Waals surface area (Å²) >= 11 is 0. The van der Waals surface area contributed by atoms with Crippen LogP contribution in [0.4, 0.5) is 8.78 Å². The zero-order valence-electron chi connectivity index (χ0n) is 18.7. The van der Waals surface area contributed by atoms with Crippen molar-refractivity contribution in [3.8, 4) is 11.6 Å². The quantitative estimate of drug-likeness (QED) is 0.472. The number of fused-ring (bicyclic) bond motifs is 1. The Hall–Kier alpha value is -4.11. The van der Waals surface area contributed by atoms with E-state index < -0.39 is 11.7 Å². The molecule has 4 aromatic rings. The van der Waals surface area contributed by atoms with Crippen LogP contribution in [-0.4, -0.2) is 52.1 Å². The van der Waals surface area contributed by atoms with Gasteiger partial charge >= 0.3 is 0 Å². The van der Waals surface area contributed by atoms with E-state index in [1.165, 1.54) is 30.3 Å². The largest absolute Gasteiger partial charge is 0.437 e. The van der Waals surface area contributed by atoms with Gasteiger partial charge in [-0.1, -0.05) is 24.3 Å². The summed E-state index contributed by atoms with van der Waals surface area (Å²) in [5, 5.41) is 7.26. The van der Waals surface area contributed by atoms with E-state index in [1.54, 1.807) is 41.3 Å². The Bertz CT molecular complexity index is 1430. The third kappa shape index (κ3) is 4.90. The molecule has 35 heavy (non-hydrogen) atoms. The van der Waals surface area contributed by atoms with Crippen LogP contribution in [-0.2, 0) is 6.54 Å². The van der Waals surface area contributed by atoms with E-state index in [1.807, 2.05) is 0 Å². The van der Waals surface area contributed by atoms with E-state index in [9.17, 15) is 18.4 Å². The van der Waals surface area contributed by atoms with Crippen molar-refractivity contribution in [1.82, 2.24) is 20.0 Å². The van der Waals surface area contributed by atoms with Gasteiger partial charge in [-0.25, -0.2) is 13.9 Å². The van der Waals surface area contributed by atoms with Crippen molar-refractivity contribution in [2.45, 2.75) is 6.54 Å². The molecule has 2 heterocycles. The van der Waals surface area contributed by atoms with Crippen molar-refractivity contribution in [1.29, 1.82) is 0 Å². The van der Waals surface area contributed by atoms with Gasteiger partial charge in [0.05, 0.1) is 16.3 Å². The number of benzene rings is 3. The summed E-state index contributed by atoms with van der Waals surface area (Å²) in [6.45, 7) is 2.77. The highest BCUT2D eigenvalue weighted by Gasteiger charge is 2.25. The maximum atomic E-state index is 14.6. The molecule has 0 atom stereocenters. The van der Waals surface area contributed by atoms with E-state index in [0.29, 0.717) is 43.5 Å². The van der Waals surface area contributed by atoms with E-state index in [4.69, 9.17) is 4.74 Å². The van der Waals surface area contributed by atoms with Gasteiger partial charge in [0.1, 0.15) is 17.4 Å². The number of aromatic amines is 1. The number of nitrogens with one attached hydrogen (secondary N) is 1. The zero-order chi connectivity index (χ0) is 24.4. The minimum atomic E-state index is -0.643. The average molecular weight is 476 g/mol. The molecule has 0 saturated carbocycles. The van der Waals surface area contributed by atoms with Gasteiger partial charge in [0.15, 0.2) is 0 Å². The lowest BCUT2D eigenvalue weighted by atomic mass is 10.1. The van der Waals surface area contributed by atoms with Crippen LogP contribution in [0.3, 0.4) is 0 Å². The highest BCUT2D eigenvalue weighted by molar-refractivity contribution is 5.95. The lowest BCUT2D eigenvalue weighted by Gasteiger charge is -2.34. The molecular weight excluding hydrogens is 454 g/mol. The van der Waals surface area contributed by atoms with Gasteiger partial charge in [-0.3, -0.25) is 14.5 Å². The monoisotopic (exact) mass is 476 g/mol. The van der Waals surface area contributed by atoms with Gasteiger partial charge in [0, 0.05) is 32.7 Å². The number of hydrogen-bond acceptors (Lipinski definition) is 5. The molecule has 0 radical (unpaired) electrons. The van der Waals surface area contributed by atoms with Crippen molar-refractivity contribution in [2.24, 2.45) is 0 Å². The number of carbonyl (C=O) groups excluding carboxylic acids is 1. The number of ether oxygens (including phenoxy) is 1. The average Bonchev–Trinajstić information content (AvgIpc) is 2.88. The Kier molecular flexibility index (Phi) is 6.24. The fourth-order valence-corrected chi connectivity index (χ4v) is 4.14. The fraction of sp³-hybridized carbons (Fsp3) is 0.192. The number of aromatic nitrogens is 2. The first-order valence-corrected chi connectivity index (χ1v) is 11.2. The van der Waals surface area contributed by atoms with Gasteiger partial charge in [-0.15, -0.1) is 5.10 Å². The lowest BCUT2D eigenvalue weighted by molar-refractivity contribution is 0.0623. The molecule has 1 N–H and O–H groups in total. The first-order valence-electron chi connectivity index (χ1n) is 11.2. The molecule has 178 valence electrons. The molecule has 0 aliphatic carbocycles. The highest BCUT2D eigenvalue weighted by atomic mass is 19.1. The predicted molar refractivity (Wildman–Crippen MR) is 126 cm³/mol. The van der Waals surface area contributed by atoms with Crippen LogP contribution >= 0.6 is 0 Å². The molecule has 1 saturated heterocycles. The Balaban J connectivity index is 1.29. The number of rotatable bonds is 5. The number of carbonyl (C=O) groups is 1. The summed E-state index contributed by atoms with van der Waals surface area (Å²) in [4.78, 5) is 28.9. The smallest absolute Gasteiger partial charge is 0.272 e. The zero-order valence-corrected chi connectivity index (χ0v) is 18.7. The molecule has 1 aliphatic rings. The van der Waals surface area contributed by atoms with Crippen LogP contribution in [0.5, 0.6) is 11.6 Å². The first kappa shape index (κ1) is 22.7. The van der Waals surface area contributed by atoms with Crippen LogP contribution in [0.2, 0.25) is 0 Å². The van der Waals surface area contributed by atoms with Crippen LogP contribution < -0.4 is 10.3 Å². The summed E-state index contributed by atoms with van der Waals surface area (Å²) in [6.07, 6.45) is 0. The predicted octanol–water partition coefficient (Wildman–Crippen LogP) is 3.95. The number of H-pyrrole nitrogens is 1. The highest BCUT2D eigenvalue weighted by Crippen LogP contribution is 2.27. The molecule has 1 amide bonds. The van der Waals surface area contributed by atoms with Gasteiger partial charge in [-0.2, -0.15) is 0 Å². The molecule has 3 aromatic carbocycles. The summed E-state index contributed by atoms with van der Waals surface area (Å²) in [6, 6.07) is 17.1. The molecule has 0 unspecified atom stereocenters. The third-order valence-electron chi connectivity index (χ3n) is 6.02. The summed E-state index contributed by atoms with van der Waals surface area (Å²) in [7, 11) is 0. The lowest BCUT2D eigenvalue weighted by Crippen LogP contribution is -2.48. The standard InChI is InChI=1S/C26H22F2N4O3/c27-18-7-5-17(6-8-18)16-31-11-13-32(14-12-31)26(34)22-15-19(9-10-23(22)28)35-25-21-4-2-1-3-20(21)24(33)29-30-25/h1-10,15H,11-14,16H2,(H,29,33). The normalized spacial score (nSPS) is 14.3. The Morgan fingerprint density at radius 3 is 2.40 bits per heavy atom. The molecule has 1 fully saturated rings. The fourth-order valence-electron chi connectivity index (χ4n) is 4.14. The van der Waals surface area contributed by atoms with E-state index >= 15 is 0 Å². The van der Waals surface area contributed by atoms with E-state index in [2.05, 4.69) is 15.1 Å². The molecule has 9 heteroatoms. The van der Waals surface area contributed by atoms with Crippen molar-refractivity contribution < 1.29 is 18.3 Å². The summed E-state index contributed by atoms with van der Waals surface area (Å²) < 4.78 is 33.5. The SMILES string of the molecule is O=C(c1cc(Oc2n[nH]c(=O)c3ccccc23)ccc1F)N1CCN(Cc2ccc(F)cc2)CC1. The number of hydrogen-bond donors (Lipinski definition) is 1. The number of nitrogens with zero attached hydrogens (tertiary/aromatic N) is 3. The third-order valence-corrected chi connectivity index (χ3v) is 6.02. The molecule has 0 bridgehead atoms. The second-order valence-corrected chi connectivity index (χ2v) is 8.34. The van der Waals surface area contributed by atoms with Gasteiger partial charge in [0.25, 0.3) is 11.5 Å². The Morgan fingerprint density at radius 1 is 0.943 bits per heavy atom. The Morgan fingerprint density at radius 2 is 1.66 bits per heavy atom. The Labute approximate surface area is 199 Å². The molecule has 0 spiro atoms. The van der Waals surface area contributed by atoms with Crippen molar-refractivity contribution in [2.75, 3.05) is 26.2 Å². The van der Waals surface area contributed by atoms with Gasteiger partial charge in [0.2, 0.25) is 5.88 Å². The number of halogens is 2. The van der Waals surface area contributed by atoms with Gasteiger partial charge in [-0.05, 0) is 48.0 Å². The minimum Gasteiger partial charge on any atom is -0.437 e. The topological polar surface area (TPSA) is 78.5 Å². The molecule has 7 nitrogen and oxygen atoms in total. The summed E-state index contributed by atoms with van der Waals surface area (Å²) in [5.74, 6) is -0.958. The minimum absolute atomic E-state index is 0.0942. The molecular formula is C26H22F2N4O3. The summed E-state index contributed by atoms with van der Waals surface area (Å²) in [5.41, 5.74) is 0.551. The molecule has 1 aliphatic heterocycles. The second kappa shape index (κ2) is 9.63. The van der Waals surface area contributed by atoms with Crippen LogP contribution in [0.15, 0.2) is 71.5 Å². The number of piperazine rings is 1. The van der Waals surface area contributed by atoms with Gasteiger partial charge < -0.3 is 9.64 Å². The van der Waals surface area contributed by atoms with Crippen molar-refractivity contribution >= 4 is 16.7 Å². The van der Waals surface area contributed by atoms with Crippen molar-refractivity contribution in [3.63, 3.8) is 0 Å². The van der Waals surface area contributed by atoms with Crippen LogP contribution in [0, 0.1) is 11.6 Å². The molecule has 1 aromatic heterocycles. The number of amides is 1.